The lowest BCUT2D eigenvalue weighted by atomic mass is 10.1. The van der Waals surface area contributed by atoms with Crippen LogP contribution in [0.1, 0.15) is 40.7 Å². The highest BCUT2D eigenvalue weighted by atomic mass is 32.1. The smallest absolute Gasteiger partial charge is 0.138 e. The summed E-state index contributed by atoms with van der Waals surface area (Å²) in [5, 5.41) is 10.6. The maximum Gasteiger partial charge on any atom is 0.138 e. The van der Waals surface area contributed by atoms with Gasteiger partial charge in [-0.25, -0.2) is 4.98 Å². The molecule has 1 atom stereocenters. The first kappa shape index (κ1) is 12.3. The summed E-state index contributed by atoms with van der Waals surface area (Å²) in [5.41, 5.74) is 3.19. The number of rotatable bonds is 4. The normalized spacial score (nSPS) is 12.9. The molecule has 2 aromatic rings. The van der Waals surface area contributed by atoms with E-state index in [1.165, 1.54) is 0 Å². The van der Waals surface area contributed by atoms with Crippen LogP contribution in [0.4, 0.5) is 0 Å². The highest BCUT2D eigenvalue weighted by Gasteiger charge is 2.15. The quantitative estimate of drug-likeness (QED) is 0.907. The lowest BCUT2D eigenvalue weighted by Crippen LogP contribution is -2.19. The minimum absolute atomic E-state index is 0.225. The molecule has 0 aromatic carbocycles. The molecule has 0 amide bonds. The molecule has 4 nitrogen and oxygen atoms in total. The zero-order valence-electron chi connectivity index (χ0n) is 10.6. The van der Waals surface area contributed by atoms with Crippen LogP contribution in [0.3, 0.4) is 0 Å². The topological polar surface area (TPSA) is 51.0 Å². The van der Waals surface area contributed by atoms with Crippen molar-refractivity contribution >= 4 is 11.3 Å². The summed E-state index contributed by atoms with van der Waals surface area (Å²) in [6, 6.07) is 0.225. The van der Waals surface area contributed by atoms with E-state index in [9.17, 15) is 0 Å². The average molecular weight is 251 g/mol. The second kappa shape index (κ2) is 4.98. The van der Waals surface area contributed by atoms with E-state index in [1.807, 2.05) is 20.8 Å². The van der Waals surface area contributed by atoms with Crippen molar-refractivity contribution in [1.82, 2.24) is 15.5 Å². The van der Waals surface area contributed by atoms with Gasteiger partial charge < -0.3 is 9.84 Å². The number of aryl methyl sites for hydroxylation is 3. The summed E-state index contributed by atoms with van der Waals surface area (Å²) in [4.78, 5) is 4.43. The molecule has 2 aromatic heterocycles. The van der Waals surface area contributed by atoms with E-state index < -0.39 is 0 Å². The van der Waals surface area contributed by atoms with Crippen molar-refractivity contribution in [2.45, 2.75) is 40.3 Å². The zero-order chi connectivity index (χ0) is 12.4. The van der Waals surface area contributed by atoms with Crippen LogP contribution in [0.2, 0.25) is 0 Å². The van der Waals surface area contributed by atoms with Crippen LogP contribution in [-0.4, -0.2) is 10.1 Å². The van der Waals surface area contributed by atoms with Crippen molar-refractivity contribution in [3.8, 4) is 0 Å². The van der Waals surface area contributed by atoms with Gasteiger partial charge >= 0.3 is 0 Å². The Morgan fingerprint density at radius 3 is 2.71 bits per heavy atom. The number of hydrogen-bond acceptors (Lipinski definition) is 5. The third-order valence-corrected chi connectivity index (χ3v) is 3.60. The standard InChI is InChI=1S/C12H17N3OS/c1-7(12-8(2)15-16-9(12)3)13-5-11-6-17-10(4)14-11/h6-7,13H,5H2,1-4H3. The fourth-order valence-corrected chi connectivity index (χ4v) is 2.57. The molecule has 0 bridgehead atoms. The molecule has 1 N–H and O–H groups in total. The molecule has 2 rings (SSSR count). The molecule has 0 saturated carbocycles. The van der Waals surface area contributed by atoms with Gasteiger partial charge in [0.25, 0.3) is 0 Å². The fraction of sp³-hybridized carbons (Fsp3) is 0.500. The molecule has 0 saturated heterocycles. The van der Waals surface area contributed by atoms with E-state index in [0.29, 0.717) is 0 Å². The van der Waals surface area contributed by atoms with Gasteiger partial charge in [0.15, 0.2) is 0 Å². The highest BCUT2D eigenvalue weighted by molar-refractivity contribution is 7.09. The summed E-state index contributed by atoms with van der Waals surface area (Å²) in [5.74, 6) is 0.886. The molecule has 17 heavy (non-hydrogen) atoms. The van der Waals surface area contributed by atoms with E-state index in [0.717, 1.165) is 34.3 Å². The van der Waals surface area contributed by atoms with Crippen molar-refractivity contribution in [3.63, 3.8) is 0 Å². The van der Waals surface area contributed by atoms with Gasteiger partial charge in [0.1, 0.15) is 5.76 Å². The Hall–Kier alpha value is -1.20. The van der Waals surface area contributed by atoms with E-state index in [1.54, 1.807) is 11.3 Å². The molecule has 0 aliphatic carbocycles. The van der Waals surface area contributed by atoms with Crippen molar-refractivity contribution in [1.29, 1.82) is 0 Å². The Balaban J connectivity index is 2.00. The third kappa shape index (κ3) is 2.73. The van der Waals surface area contributed by atoms with Crippen LogP contribution in [0, 0.1) is 20.8 Å². The molecular weight excluding hydrogens is 234 g/mol. The molecule has 0 aliphatic rings. The number of aromatic nitrogens is 2. The van der Waals surface area contributed by atoms with Gasteiger partial charge in [-0.05, 0) is 27.7 Å². The summed E-state index contributed by atoms with van der Waals surface area (Å²) in [6.07, 6.45) is 0. The SMILES string of the molecule is Cc1nc(CNC(C)c2c(C)noc2C)cs1. The molecule has 0 aliphatic heterocycles. The Morgan fingerprint density at radius 2 is 2.18 bits per heavy atom. The van der Waals surface area contributed by atoms with E-state index >= 15 is 0 Å². The lowest BCUT2D eigenvalue weighted by Gasteiger charge is -2.12. The monoisotopic (exact) mass is 251 g/mol. The first-order valence-corrected chi connectivity index (χ1v) is 6.53. The maximum absolute atomic E-state index is 5.17. The molecule has 92 valence electrons. The van der Waals surface area contributed by atoms with Crippen molar-refractivity contribution in [2.75, 3.05) is 0 Å². The molecule has 2 heterocycles. The Kier molecular flexibility index (Phi) is 3.59. The molecule has 1 unspecified atom stereocenters. The Labute approximate surface area is 105 Å². The highest BCUT2D eigenvalue weighted by Crippen LogP contribution is 2.21. The first-order valence-electron chi connectivity index (χ1n) is 5.65. The van der Waals surface area contributed by atoms with Crippen molar-refractivity contribution < 1.29 is 4.52 Å². The Bertz CT molecular complexity index is 484. The van der Waals surface area contributed by atoms with E-state index in [-0.39, 0.29) is 6.04 Å². The maximum atomic E-state index is 5.17. The van der Waals surface area contributed by atoms with E-state index in [2.05, 4.69) is 27.8 Å². The van der Waals surface area contributed by atoms with E-state index in [4.69, 9.17) is 4.52 Å². The predicted octanol–water partition coefficient (Wildman–Crippen LogP) is 2.91. The summed E-state index contributed by atoms with van der Waals surface area (Å²) in [6.45, 7) is 8.82. The van der Waals surface area contributed by atoms with Gasteiger partial charge in [-0.1, -0.05) is 5.16 Å². The van der Waals surface area contributed by atoms with Crippen LogP contribution in [0.5, 0.6) is 0 Å². The van der Waals surface area contributed by atoms with Crippen LogP contribution in [0.15, 0.2) is 9.90 Å². The lowest BCUT2D eigenvalue weighted by molar-refractivity contribution is 0.390. The molecular formula is C12H17N3OS. The summed E-state index contributed by atoms with van der Waals surface area (Å²) >= 11 is 1.68. The van der Waals surface area contributed by atoms with Crippen molar-refractivity contribution in [3.05, 3.63) is 33.1 Å². The molecule has 5 heteroatoms. The van der Waals surface area contributed by atoms with Crippen molar-refractivity contribution in [2.24, 2.45) is 0 Å². The van der Waals surface area contributed by atoms with Gasteiger partial charge in [-0.15, -0.1) is 11.3 Å². The number of nitrogens with one attached hydrogen (secondary N) is 1. The largest absolute Gasteiger partial charge is 0.361 e. The zero-order valence-corrected chi connectivity index (χ0v) is 11.4. The summed E-state index contributed by atoms with van der Waals surface area (Å²) < 4.78 is 5.17. The van der Waals surface area contributed by atoms with Gasteiger partial charge in [0, 0.05) is 23.5 Å². The van der Waals surface area contributed by atoms with Crippen LogP contribution in [-0.2, 0) is 6.54 Å². The second-order valence-corrected chi connectivity index (χ2v) is 5.26. The number of nitrogens with zero attached hydrogens (tertiary/aromatic N) is 2. The summed E-state index contributed by atoms with van der Waals surface area (Å²) in [7, 11) is 0. The van der Waals surface area contributed by atoms with Gasteiger partial charge in [-0.2, -0.15) is 0 Å². The molecule has 0 radical (unpaired) electrons. The minimum atomic E-state index is 0.225. The minimum Gasteiger partial charge on any atom is -0.361 e. The predicted molar refractivity (Wildman–Crippen MR) is 68.1 cm³/mol. The number of hydrogen-bond donors (Lipinski definition) is 1. The fourth-order valence-electron chi connectivity index (χ4n) is 1.96. The van der Waals surface area contributed by atoms with Crippen LogP contribution in [0.25, 0.3) is 0 Å². The van der Waals surface area contributed by atoms with Crippen LogP contribution >= 0.6 is 11.3 Å². The van der Waals surface area contributed by atoms with Gasteiger partial charge in [-0.3, -0.25) is 0 Å². The van der Waals surface area contributed by atoms with Gasteiger partial charge in [0.2, 0.25) is 0 Å². The Morgan fingerprint density at radius 1 is 1.41 bits per heavy atom. The second-order valence-electron chi connectivity index (χ2n) is 4.20. The van der Waals surface area contributed by atoms with Crippen LogP contribution < -0.4 is 5.32 Å². The third-order valence-electron chi connectivity index (χ3n) is 2.78. The first-order chi connectivity index (χ1) is 8.08. The average Bonchev–Trinajstić information content (AvgIpc) is 2.83. The molecule has 0 spiro atoms. The molecule has 0 fully saturated rings. The number of thiazole rings is 1. The van der Waals surface area contributed by atoms with Gasteiger partial charge in [0.05, 0.1) is 16.4 Å².